The molecule has 6 nitrogen and oxygen atoms in total. The zero-order valence-electron chi connectivity index (χ0n) is 22.9. The number of thiophene rings is 1. The summed E-state index contributed by atoms with van der Waals surface area (Å²) in [6.07, 6.45) is 7.83. The molecule has 0 aliphatic rings. The minimum absolute atomic E-state index is 0.631. The van der Waals surface area contributed by atoms with Crippen molar-refractivity contribution in [1.29, 1.82) is 0 Å². The molecule has 0 aliphatic heterocycles. The second kappa shape index (κ2) is 15.7. The largest absolute Gasteiger partial charge is 0.495 e. The fraction of sp³-hybridized carbons (Fsp3) is 0.258. The van der Waals surface area contributed by atoms with Gasteiger partial charge in [0.2, 0.25) is 0 Å². The molecule has 0 unspecified atom stereocenters. The van der Waals surface area contributed by atoms with Crippen molar-refractivity contribution in [3.8, 4) is 33.2 Å². The van der Waals surface area contributed by atoms with Crippen LogP contribution < -0.4 is 20.9 Å². The van der Waals surface area contributed by atoms with Crippen molar-refractivity contribution in [2.45, 2.75) is 19.8 Å². The standard InChI is InChI=1S/C18H25N3OS.C13H13NOS/c1-3-9-23-10-5-7-20-13-15-11-14(16-6-4-8-21-16)12-17(22-2)18(15)19;1-3-9-7-10(12-5-4-6-16-12)8-11(15-2)13(9)14/h4,6,8,11-13,21H,3,5,7,9-10,19H2,1-2H3;3-8H,1,14H2,2H3. The van der Waals surface area contributed by atoms with Crippen LogP contribution in [-0.4, -0.2) is 43.5 Å². The Labute approximate surface area is 240 Å². The van der Waals surface area contributed by atoms with Crippen LogP contribution in [0.15, 0.2) is 71.7 Å². The van der Waals surface area contributed by atoms with Crippen molar-refractivity contribution in [2.75, 3.05) is 43.7 Å². The monoisotopic (exact) mass is 562 g/mol. The average molecular weight is 563 g/mol. The number of hydrogen-bond acceptors (Lipinski definition) is 7. The van der Waals surface area contributed by atoms with Gasteiger partial charge in [0.15, 0.2) is 0 Å². The maximum Gasteiger partial charge on any atom is 0.143 e. The van der Waals surface area contributed by atoms with Crippen LogP contribution in [0.25, 0.3) is 27.8 Å². The minimum atomic E-state index is 0.631. The quantitative estimate of drug-likeness (QED) is 0.0927. The Balaban J connectivity index is 0.000000230. The summed E-state index contributed by atoms with van der Waals surface area (Å²) in [4.78, 5) is 8.91. The molecular formula is C31H38N4O2S2. The van der Waals surface area contributed by atoms with E-state index in [0.717, 1.165) is 46.7 Å². The number of aromatic amines is 1. The van der Waals surface area contributed by atoms with E-state index in [1.165, 1.54) is 17.1 Å². The van der Waals surface area contributed by atoms with Gasteiger partial charge in [-0.15, -0.1) is 11.3 Å². The van der Waals surface area contributed by atoms with E-state index in [1.54, 1.807) is 31.6 Å². The maximum absolute atomic E-state index is 6.17. The summed E-state index contributed by atoms with van der Waals surface area (Å²) in [5, 5.41) is 2.05. The summed E-state index contributed by atoms with van der Waals surface area (Å²) in [7, 11) is 3.26. The second-order valence-electron chi connectivity index (χ2n) is 8.63. The number of benzene rings is 2. The molecule has 206 valence electrons. The number of hydrogen-bond donors (Lipinski definition) is 3. The Bertz CT molecular complexity index is 1330. The van der Waals surface area contributed by atoms with Crippen molar-refractivity contribution in [2.24, 2.45) is 4.99 Å². The van der Waals surface area contributed by atoms with Gasteiger partial charge in [0.05, 0.1) is 25.6 Å². The van der Waals surface area contributed by atoms with Gasteiger partial charge in [-0.05, 0) is 77.8 Å². The number of thioether (sulfide) groups is 1. The number of rotatable bonds is 12. The molecule has 5 N–H and O–H groups in total. The van der Waals surface area contributed by atoms with E-state index in [2.05, 4.69) is 29.5 Å². The lowest BCUT2D eigenvalue weighted by atomic mass is 10.1. The molecule has 4 aromatic rings. The Kier molecular flexibility index (Phi) is 12.1. The number of nitrogens with two attached hydrogens (primary N) is 2. The van der Waals surface area contributed by atoms with Crippen molar-refractivity contribution in [3.63, 3.8) is 0 Å². The molecule has 39 heavy (non-hydrogen) atoms. The molecule has 0 saturated heterocycles. The Hall–Kier alpha value is -3.62. The zero-order valence-corrected chi connectivity index (χ0v) is 24.5. The highest BCUT2D eigenvalue weighted by molar-refractivity contribution is 7.99. The average Bonchev–Trinajstić information content (AvgIpc) is 3.69. The first-order chi connectivity index (χ1) is 19.0. The van der Waals surface area contributed by atoms with Gasteiger partial charge in [-0.2, -0.15) is 11.8 Å². The van der Waals surface area contributed by atoms with Crippen LogP contribution >= 0.6 is 23.1 Å². The highest BCUT2D eigenvalue weighted by Crippen LogP contribution is 2.35. The molecule has 0 bridgehead atoms. The lowest BCUT2D eigenvalue weighted by Gasteiger charge is -2.10. The lowest BCUT2D eigenvalue weighted by Crippen LogP contribution is -1.99. The molecular weight excluding hydrogens is 525 g/mol. The van der Waals surface area contributed by atoms with Crippen molar-refractivity contribution in [1.82, 2.24) is 4.98 Å². The molecule has 0 aliphatic carbocycles. The number of aromatic nitrogens is 1. The Morgan fingerprint density at radius 1 is 0.974 bits per heavy atom. The first-order valence-corrected chi connectivity index (χ1v) is 14.9. The predicted octanol–water partition coefficient (Wildman–Crippen LogP) is 7.87. The number of anilines is 2. The number of ether oxygens (including phenoxy) is 2. The topological polar surface area (TPSA) is 98.6 Å². The van der Waals surface area contributed by atoms with Crippen LogP contribution in [0.1, 0.15) is 30.9 Å². The molecule has 0 atom stereocenters. The third-order valence-corrected chi connectivity index (χ3v) is 8.07. The first-order valence-electron chi connectivity index (χ1n) is 12.8. The molecule has 0 fully saturated rings. The first kappa shape index (κ1) is 29.9. The molecule has 0 saturated carbocycles. The maximum atomic E-state index is 6.17. The SMILES string of the molecule is C=Cc1cc(-c2cccs2)cc(OC)c1N.CCCSCCCN=Cc1cc(-c2ccc[nH]2)cc(OC)c1N. The summed E-state index contributed by atoms with van der Waals surface area (Å²) in [5.74, 6) is 3.76. The lowest BCUT2D eigenvalue weighted by molar-refractivity contribution is 0.417. The molecule has 2 aromatic heterocycles. The van der Waals surface area contributed by atoms with Crippen molar-refractivity contribution in [3.05, 3.63) is 77.8 Å². The van der Waals surface area contributed by atoms with Gasteiger partial charge < -0.3 is 25.9 Å². The molecule has 0 spiro atoms. The highest BCUT2D eigenvalue weighted by Gasteiger charge is 2.10. The molecule has 2 aromatic carbocycles. The third kappa shape index (κ3) is 8.43. The Morgan fingerprint density at radius 3 is 2.31 bits per heavy atom. The fourth-order valence-electron chi connectivity index (χ4n) is 3.83. The van der Waals surface area contributed by atoms with Crippen LogP contribution in [0.2, 0.25) is 0 Å². The summed E-state index contributed by atoms with van der Waals surface area (Å²) < 4.78 is 10.7. The number of nitrogens with one attached hydrogen (secondary N) is 1. The molecule has 2 heterocycles. The molecule has 0 amide bonds. The van der Waals surface area contributed by atoms with E-state index < -0.39 is 0 Å². The third-order valence-electron chi connectivity index (χ3n) is 5.88. The van der Waals surface area contributed by atoms with Crippen molar-refractivity contribution >= 4 is 46.8 Å². The molecule has 4 rings (SSSR count). The normalized spacial score (nSPS) is 10.7. The van der Waals surface area contributed by atoms with Gasteiger partial charge in [-0.1, -0.05) is 25.6 Å². The van der Waals surface area contributed by atoms with E-state index in [9.17, 15) is 0 Å². The smallest absolute Gasteiger partial charge is 0.143 e. The number of nitrogens with zero attached hydrogens (tertiary/aromatic N) is 1. The predicted molar refractivity (Wildman–Crippen MR) is 173 cm³/mol. The summed E-state index contributed by atoms with van der Waals surface area (Å²) in [6.45, 7) is 6.79. The summed E-state index contributed by atoms with van der Waals surface area (Å²) in [6, 6.07) is 16.1. The number of aliphatic imine (C=N–C) groups is 1. The van der Waals surface area contributed by atoms with Crippen LogP contribution in [0.5, 0.6) is 11.5 Å². The van der Waals surface area contributed by atoms with Gasteiger partial charge in [0, 0.05) is 46.2 Å². The highest BCUT2D eigenvalue weighted by atomic mass is 32.2. The van der Waals surface area contributed by atoms with Crippen LogP contribution in [0, 0.1) is 0 Å². The molecule has 8 heteroatoms. The number of nitrogen functional groups attached to an aromatic ring is 2. The van der Waals surface area contributed by atoms with E-state index in [1.807, 2.05) is 72.0 Å². The second-order valence-corrected chi connectivity index (χ2v) is 10.8. The zero-order chi connectivity index (χ0) is 28.0. The molecule has 0 radical (unpaired) electrons. The van der Waals surface area contributed by atoms with Gasteiger partial charge in [0.25, 0.3) is 0 Å². The van der Waals surface area contributed by atoms with Crippen LogP contribution in [-0.2, 0) is 0 Å². The summed E-state index contributed by atoms with van der Waals surface area (Å²) >= 11 is 3.68. The van der Waals surface area contributed by atoms with Crippen LogP contribution in [0.4, 0.5) is 11.4 Å². The van der Waals surface area contributed by atoms with Gasteiger partial charge in [-0.3, -0.25) is 4.99 Å². The Morgan fingerprint density at radius 2 is 1.69 bits per heavy atom. The fourth-order valence-corrected chi connectivity index (χ4v) is 5.37. The minimum Gasteiger partial charge on any atom is -0.495 e. The number of H-pyrrole nitrogens is 1. The van der Waals surface area contributed by atoms with E-state index in [4.69, 9.17) is 20.9 Å². The van der Waals surface area contributed by atoms with E-state index >= 15 is 0 Å². The van der Waals surface area contributed by atoms with E-state index in [0.29, 0.717) is 22.9 Å². The van der Waals surface area contributed by atoms with Crippen molar-refractivity contribution < 1.29 is 9.47 Å². The number of methoxy groups -OCH3 is 2. The summed E-state index contributed by atoms with van der Waals surface area (Å²) in [5.41, 5.74) is 18.4. The van der Waals surface area contributed by atoms with E-state index in [-0.39, 0.29) is 0 Å². The van der Waals surface area contributed by atoms with Gasteiger partial charge in [0.1, 0.15) is 11.5 Å². The van der Waals surface area contributed by atoms with Gasteiger partial charge >= 0.3 is 0 Å². The van der Waals surface area contributed by atoms with Gasteiger partial charge in [-0.25, -0.2) is 0 Å². The van der Waals surface area contributed by atoms with Crippen LogP contribution in [0.3, 0.4) is 0 Å².